The highest BCUT2D eigenvalue weighted by Gasteiger charge is 2.39. The van der Waals surface area contributed by atoms with Crippen molar-refractivity contribution >= 4 is 0 Å². The molecule has 5 heteroatoms. The van der Waals surface area contributed by atoms with Gasteiger partial charge in [0.25, 0.3) is 0 Å². The third kappa shape index (κ3) is 3.15. The van der Waals surface area contributed by atoms with E-state index in [2.05, 4.69) is 55.1 Å². The highest BCUT2D eigenvalue weighted by Crippen LogP contribution is 2.33. The summed E-state index contributed by atoms with van der Waals surface area (Å²) in [6.07, 6.45) is 2.96. The number of aryl methyl sites for hydroxylation is 1. The number of hydrogen-bond donors (Lipinski definition) is 1. The number of rotatable bonds is 8. The predicted octanol–water partition coefficient (Wildman–Crippen LogP) is 1.98. The molecule has 0 aliphatic heterocycles. The fraction of sp³-hybridized carbons (Fsp3) is 0.857. The van der Waals surface area contributed by atoms with E-state index in [4.69, 9.17) is 0 Å². The average molecular weight is 267 g/mol. The summed E-state index contributed by atoms with van der Waals surface area (Å²) in [4.78, 5) is 2.52. The van der Waals surface area contributed by atoms with Crippen LogP contribution in [0, 0.1) is 0 Å². The van der Waals surface area contributed by atoms with Crippen molar-refractivity contribution < 1.29 is 0 Å². The normalized spacial score (nSPS) is 16.6. The summed E-state index contributed by atoms with van der Waals surface area (Å²) in [6.45, 7) is 14.2. The molecule has 1 aromatic rings. The Hall–Kier alpha value is -0.940. The van der Waals surface area contributed by atoms with E-state index in [1.165, 1.54) is 0 Å². The molecule has 0 aromatic carbocycles. The molecule has 1 N–H and O–H groups in total. The van der Waals surface area contributed by atoms with Crippen LogP contribution in [0.3, 0.4) is 0 Å². The molecule has 0 aliphatic carbocycles. The molecule has 19 heavy (non-hydrogen) atoms. The van der Waals surface area contributed by atoms with Crippen LogP contribution in [0.15, 0.2) is 6.20 Å². The van der Waals surface area contributed by atoms with Gasteiger partial charge in [-0.1, -0.05) is 32.9 Å². The number of nitrogens with one attached hydrogen (secondary N) is 1. The van der Waals surface area contributed by atoms with Crippen LogP contribution in [0.25, 0.3) is 0 Å². The zero-order chi connectivity index (χ0) is 14.5. The summed E-state index contributed by atoms with van der Waals surface area (Å²) in [5.74, 6) is 0. The maximum absolute atomic E-state index is 4.09. The maximum atomic E-state index is 4.09. The molecule has 0 saturated carbocycles. The molecule has 0 fully saturated rings. The first-order valence-electron chi connectivity index (χ1n) is 7.38. The van der Waals surface area contributed by atoms with Crippen LogP contribution in [0.2, 0.25) is 0 Å². The highest BCUT2D eigenvalue weighted by atomic mass is 15.4. The molecular formula is C14H29N5. The summed E-state index contributed by atoms with van der Waals surface area (Å²) in [5.41, 5.74) is 1.22. The van der Waals surface area contributed by atoms with Crippen molar-refractivity contribution in [3.8, 4) is 0 Å². The summed E-state index contributed by atoms with van der Waals surface area (Å²) in [7, 11) is 1.96. The minimum atomic E-state index is 0.0645. The van der Waals surface area contributed by atoms with Crippen LogP contribution >= 0.6 is 0 Å². The van der Waals surface area contributed by atoms with Gasteiger partial charge in [0.05, 0.1) is 17.9 Å². The fourth-order valence-electron chi connectivity index (χ4n) is 2.96. The smallest absolute Gasteiger partial charge is 0.0772 e. The molecule has 0 spiro atoms. The molecule has 0 bridgehead atoms. The second-order valence-corrected chi connectivity index (χ2v) is 5.16. The minimum absolute atomic E-state index is 0.0645. The first-order valence-corrected chi connectivity index (χ1v) is 7.38. The Morgan fingerprint density at radius 1 is 1.32 bits per heavy atom. The van der Waals surface area contributed by atoms with Crippen LogP contribution in [-0.4, -0.2) is 45.1 Å². The van der Waals surface area contributed by atoms with Crippen molar-refractivity contribution in [2.75, 3.05) is 19.6 Å². The Morgan fingerprint density at radius 3 is 2.32 bits per heavy atom. The minimum Gasteiger partial charge on any atom is -0.307 e. The van der Waals surface area contributed by atoms with E-state index in [-0.39, 0.29) is 11.6 Å². The Morgan fingerprint density at radius 2 is 1.95 bits per heavy atom. The Bertz CT molecular complexity index is 372. The van der Waals surface area contributed by atoms with E-state index >= 15 is 0 Å². The van der Waals surface area contributed by atoms with Gasteiger partial charge in [-0.3, -0.25) is 9.58 Å². The molecular weight excluding hydrogens is 238 g/mol. The molecule has 0 radical (unpaired) electrons. The van der Waals surface area contributed by atoms with Crippen molar-refractivity contribution in [2.24, 2.45) is 7.05 Å². The zero-order valence-corrected chi connectivity index (χ0v) is 13.3. The van der Waals surface area contributed by atoms with Gasteiger partial charge in [-0.05, 0) is 33.0 Å². The van der Waals surface area contributed by atoms with E-state index < -0.39 is 0 Å². The van der Waals surface area contributed by atoms with Gasteiger partial charge in [0.15, 0.2) is 0 Å². The van der Waals surface area contributed by atoms with Crippen molar-refractivity contribution in [1.82, 2.24) is 25.2 Å². The lowest BCUT2D eigenvalue weighted by molar-refractivity contribution is 0.0674. The molecule has 1 aromatic heterocycles. The van der Waals surface area contributed by atoms with Gasteiger partial charge in [0, 0.05) is 12.6 Å². The number of aromatic nitrogens is 3. The van der Waals surface area contributed by atoms with Crippen molar-refractivity contribution in [1.29, 1.82) is 0 Å². The van der Waals surface area contributed by atoms with Gasteiger partial charge >= 0.3 is 0 Å². The largest absolute Gasteiger partial charge is 0.307 e. The molecule has 110 valence electrons. The lowest BCUT2D eigenvalue weighted by Gasteiger charge is -2.45. The van der Waals surface area contributed by atoms with Gasteiger partial charge in [0.1, 0.15) is 0 Å². The van der Waals surface area contributed by atoms with E-state index in [0.29, 0.717) is 0 Å². The van der Waals surface area contributed by atoms with Gasteiger partial charge < -0.3 is 5.32 Å². The highest BCUT2D eigenvalue weighted by molar-refractivity contribution is 5.11. The Labute approximate surface area is 117 Å². The van der Waals surface area contributed by atoms with E-state index in [0.717, 1.165) is 31.7 Å². The summed E-state index contributed by atoms with van der Waals surface area (Å²) in [5, 5.41) is 11.7. The second-order valence-electron chi connectivity index (χ2n) is 5.16. The maximum Gasteiger partial charge on any atom is 0.0772 e. The first kappa shape index (κ1) is 16.1. The summed E-state index contributed by atoms with van der Waals surface area (Å²) >= 11 is 0. The van der Waals surface area contributed by atoms with Crippen LogP contribution in [0.1, 0.15) is 52.8 Å². The van der Waals surface area contributed by atoms with Crippen molar-refractivity contribution in [3.63, 3.8) is 0 Å². The van der Waals surface area contributed by atoms with Crippen molar-refractivity contribution in [3.05, 3.63) is 11.9 Å². The van der Waals surface area contributed by atoms with Gasteiger partial charge in [-0.15, -0.1) is 5.10 Å². The van der Waals surface area contributed by atoms with Gasteiger partial charge in [0.2, 0.25) is 0 Å². The number of hydrogen-bond acceptors (Lipinski definition) is 4. The lowest BCUT2D eigenvalue weighted by Crippen LogP contribution is -2.54. The number of likely N-dealkylation sites (N-methyl/N-ethyl adjacent to an activating group) is 2. The summed E-state index contributed by atoms with van der Waals surface area (Å²) in [6, 6.07) is 0.238. The SMILES string of the molecule is CCNC(c1cnnn1C)C(C)(CC)N(CC)CC. The monoisotopic (exact) mass is 267 g/mol. The molecule has 2 atom stereocenters. The second kappa shape index (κ2) is 7.01. The van der Waals surface area contributed by atoms with Crippen LogP contribution in [0.5, 0.6) is 0 Å². The van der Waals surface area contributed by atoms with E-state index in [1.54, 1.807) is 0 Å². The van der Waals surface area contributed by atoms with Crippen LogP contribution in [0.4, 0.5) is 0 Å². The average Bonchev–Trinajstić information content (AvgIpc) is 2.83. The van der Waals surface area contributed by atoms with E-state index in [9.17, 15) is 0 Å². The van der Waals surface area contributed by atoms with Crippen molar-refractivity contribution in [2.45, 2.75) is 52.6 Å². The van der Waals surface area contributed by atoms with Crippen LogP contribution in [-0.2, 0) is 7.05 Å². The first-order chi connectivity index (χ1) is 9.04. The Balaban J connectivity index is 3.17. The predicted molar refractivity (Wildman–Crippen MR) is 79.0 cm³/mol. The third-order valence-corrected chi connectivity index (χ3v) is 4.28. The quantitative estimate of drug-likeness (QED) is 0.782. The Kier molecular flexibility index (Phi) is 5.94. The molecule has 1 heterocycles. The lowest BCUT2D eigenvalue weighted by atomic mass is 9.85. The van der Waals surface area contributed by atoms with Crippen LogP contribution < -0.4 is 5.32 Å². The zero-order valence-electron chi connectivity index (χ0n) is 13.3. The van der Waals surface area contributed by atoms with E-state index in [1.807, 2.05) is 17.9 Å². The topological polar surface area (TPSA) is 46.0 Å². The standard InChI is InChI=1S/C14H29N5/c1-7-14(5,19(9-3)10-4)13(15-8-2)12-11-16-17-18(12)6/h11,13,15H,7-10H2,1-6H3. The summed E-state index contributed by atoms with van der Waals surface area (Å²) < 4.78 is 1.88. The molecule has 5 nitrogen and oxygen atoms in total. The molecule has 1 rings (SSSR count). The molecule has 0 saturated heterocycles. The molecule has 0 amide bonds. The third-order valence-electron chi connectivity index (χ3n) is 4.28. The fourth-order valence-corrected chi connectivity index (χ4v) is 2.96. The van der Waals surface area contributed by atoms with Gasteiger partial charge in [-0.25, -0.2) is 0 Å². The molecule has 0 aliphatic rings. The number of nitrogens with zero attached hydrogens (tertiary/aromatic N) is 4. The van der Waals surface area contributed by atoms with Gasteiger partial charge in [-0.2, -0.15) is 0 Å². The molecule has 2 unspecified atom stereocenters.